The Bertz CT molecular complexity index is 1140. The summed E-state index contributed by atoms with van der Waals surface area (Å²) in [6.45, 7) is 6.16. The fourth-order valence-electron chi connectivity index (χ4n) is 6.05. The van der Waals surface area contributed by atoms with Gasteiger partial charge < -0.3 is 20.3 Å². The lowest BCUT2D eigenvalue weighted by Crippen LogP contribution is -2.46. The number of esters is 1. The van der Waals surface area contributed by atoms with Gasteiger partial charge in [-0.1, -0.05) is 183 Å². The van der Waals surface area contributed by atoms with Crippen LogP contribution in [0.25, 0.3) is 0 Å². The Kier molecular flexibility index (Phi) is 40.4. The van der Waals surface area contributed by atoms with E-state index in [-0.39, 0.29) is 24.9 Å². The number of aliphatic hydroxyl groups is 2. The molecule has 56 heavy (non-hydrogen) atoms. The maximum atomic E-state index is 13.1. The minimum absolute atomic E-state index is 0.0609. The molecule has 6 heteroatoms. The third-order valence-electron chi connectivity index (χ3n) is 9.40. The molecule has 0 aromatic heterocycles. The van der Waals surface area contributed by atoms with Crippen LogP contribution in [0.5, 0.6) is 0 Å². The van der Waals surface area contributed by atoms with E-state index in [0.717, 1.165) is 96.3 Å². The number of allylic oxidation sites excluding steroid dienone is 15. The van der Waals surface area contributed by atoms with Crippen LogP contribution in [0.3, 0.4) is 0 Å². The normalized spacial score (nSPS) is 14.3. The van der Waals surface area contributed by atoms with Crippen LogP contribution in [-0.4, -0.2) is 46.9 Å². The summed E-state index contributed by atoms with van der Waals surface area (Å²) in [6, 6.07) is -0.750. The Morgan fingerprint density at radius 1 is 0.554 bits per heavy atom. The number of rotatable bonds is 38. The topological polar surface area (TPSA) is 95.9 Å². The fourth-order valence-corrected chi connectivity index (χ4v) is 6.05. The van der Waals surface area contributed by atoms with E-state index in [0.29, 0.717) is 19.3 Å². The third kappa shape index (κ3) is 37.7. The minimum Gasteiger partial charge on any atom is -0.458 e. The molecule has 0 radical (unpaired) electrons. The van der Waals surface area contributed by atoms with Crippen molar-refractivity contribution in [1.82, 2.24) is 5.32 Å². The van der Waals surface area contributed by atoms with Gasteiger partial charge in [0.2, 0.25) is 5.91 Å². The van der Waals surface area contributed by atoms with Gasteiger partial charge in [0.1, 0.15) is 6.10 Å². The van der Waals surface area contributed by atoms with Gasteiger partial charge in [-0.3, -0.25) is 9.59 Å². The van der Waals surface area contributed by atoms with Crippen LogP contribution in [0.1, 0.15) is 181 Å². The first kappa shape index (κ1) is 52.8. The third-order valence-corrected chi connectivity index (χ3v) is 9.40. The van der Waals surface area contributed by atoms with Gasteiger partial charge >= 0.3 is 5.97 Å². The quantitative estimate of drug-likeness (QED) is 0.0330. The van der Waals surface area contributed by atoms with Crippen LogP contribution in [0.2, 0.25) is 0 Å². The van der Waals surface area contributed by atoms with Gasteiger partial charge in [-0.15, -0.1) is 0 Å². The molecule has 0 heterocycles. The molecule has 0 saturated carbocycles. The smallest absolute Gasteiger partial charge is 0.306 e. The van der Waals surface area contributed by atoms with Gasteiger partial charge in [0.05, 0.1) is 25.2 Å². The molecule has 0 saturated heterocycles. The maximum Gasteiger partial charge on any atom is 0.306 e. The van der Waals surface area contributed by atoms with E-state index in [2.05, 4.69) is 111 Å². The summed E-state index contributed by atoms with van der Waals surface area (Å²) >= 11 is 0. The average Bonchev–Trinajstić information content (AvgIpc) is 3.19. The Morgan fingerprint density at radius 3 is 1.52 bits per heavy atom. The molecule has 0 spiro atoms. The van der Waals surface area contributed by atoms with E-state index >= 15 is 0 Å². The number of hydrogen-bond donors (Lipinski definition) is 3. The molecule has 0 aromatic carbocycles. The molecule has 0 rings (SSSR count). The van der Waals surface area contributed by atoms with Crippen molar-refractivity contribution in [3.63, 3.8) is 0 Å². The molecule has 0 aromatic rings. The Balaban J connectivity index is 4.85. The molecule has 0 aliphatic rings. The SMILES string of the molecule is CC/C=C/C/C=C/C/C=C/C/C=C/C/C=C/C(CC(=O)NC(CO)C(O)CCCCCCCCCCC)OC(=O)CCCCCC/C=C/C/C=C/C/C=C/CC. The molecule has 0 aliphatic carbocycles. The Morgan fingerprint density at radius 2 is 1.00 bits per heavy atom. The standard InChI is InChI=1S/C50H83NO5/c1-4-7-10-13-16-19-21-23-25-27-30-32-35-38-41-46(56-50(55)43-40-37-34-31-28-26-24-22-20-17-14-11-8-5-2)44-49(54)51-47(45-52)48(53)42-39-36-33-29-18-15-12-9-6-3/h7-8,10-11,16-17,19-20,23-26,30,32,38,41,46-48,52-53H,4-6,9,12-15,18,21-22,27-29,31,33-37,39-40,42-45H2,1-3H3,(H,51,54)/b10-7+,11-8+,19-16+,20-17+,25-23+,26-24+,32-30+,41-38+. The molecule has 0 bridgehead atoms. The van der Waals surface area contributed by atoms with Crippen LogP contribution < -0.4 is 5.32 Å². The van der Waals surface area contributed by atoms with Crippen LogP contribution in [0.15, 0.2) is 97.2 Å². The number of hydrogen-bond acceptors (Lipinski definition) is 5. The molecule has 1 amide bonds. The second kappa shape index (κ2) is 42.9. The highest BCUT2D eigenvalue weighted by molar-refractivity contribution is 5.78. The lowest BCUT2D eigenvalue weighted by molar-refractivity contribution is -0.148. The van der Waals surface area contributed by atoms with E-state index in [9.17, 15) is 19.8 Å². The molecule has 6 nitrogen and oxygen atoms in total. The van der Waals surface area contributed by atoms with Crippen LogP contribution in [0, 0.1) is 0 Å². The summed E-state index contributed by atoms with van der Waals surface area (Å²) in [7, 11) is 0. The Hall–Kier alpha value is -3.22. The number of carbonyl (C=O) groups excluding carboxylic acids is 2. The number of nitrogens with one attached hydrogen (secondary N) is 1. The first-order chi connectivity index (χ1) is 27.5. The predicted octanol–water partition coefficient (Wildman–Crippen LogP) is 13.0. The van der Waals surface area contributed by atoms with E-state index in [1.807, 2.05) is 6.08 Å². The van der Waals surface area contributed by atoms with Crippen molar-refractivity contribution in [1.29, 1.82) is 0 Å². The first-order valence-electron chi connectivity index (χ1n) is 22.5. The second-order valence-electron chi connectivity index (χ2n) is 14.7. The highest BCUT2D eigenvalue weighted by atomic mass is 16.5. The largest absolute Gasteiger partial charge is 0.458 e. The van der Waals surface area contributed by atoms with Gasteiger partial charge in [-0.2, -0.15) is 0 Å². The summed E-state index contributed by atoms with van der Waals surface area (Å²) < 4.78 is 5.78. The van der Waals surface area contributed by atoms with Crippen molar-refractivity contribution in [2.75, 3.05) is 6.61 Å². The Labute approximate surface area is 344 Å². The highest BCUT2D eigenvalue weighted by Crippen LogP contribution is 2.14. The number of aliphatic hydroxyl groups excluding tert-OH is 2. The second-order valence-corrected chi connectivity index (χ2v) is 14.7. The molecule has 0 aliphatic heterocycles. The van der Waals surface area contributed by atoms with Crippen molar-refractivity contribution in [3.8, 4) is 0 Å². The van der Waals surface area contributed by atoms with Crippen molar-refractivity contribution >= 4 is 11.9 Å². The molecule has 3 atom stereocenters. The highest BCUT2D eigenvalue weighted by Gasteiger charge is 2.23. The summed E-state index contributed by atoms with van der Waals surface area (Å²) in [4.78, 5) is 25.9. The van der Waals surface area contributed by atoms with Gasteiger partial charge in [0, 0.05) is 6.42 Å². The first-order valence-corrected chi connectivity index (χ1v) is 22.5. The average molecular weight is 778 g/mol. The minimum atomic E-state index is -0.825. The number of carbonyl (C=O) groups is 2. The zero-order chi connectivity index (χ0) is 41.0. The number of amides is 1. The fraction of sp³-hybridized carbons (Fsp3) is 0.640. The summed E-state index contributed by atoms with van der Waals surface area (Å²) in [5.41, 5.74) is 0. The van der Waals surface area contributed by atoms with E-state index in [1.54, 1.807) is 6.08 Å². The molecular formula is C50H83NO5. The van der Waals surface area contributed by atoms with E-state index < -0.39 is 18.2 Å². The lowest BCUT2D eigenvalue weighted by atomic mass is 10.0. The van der Waals surface area contributed by atoms with Gasteiger partial charge in [0.25, 0.3) is 0 Å². The lowest BCUT2D eigenvalue weighted by Gasteiger charge is -2.23. The van der Waals surface area contributed by atoms with Crippen molar-refractivity contribution in [2.45, 2.75) is 200 Å². The van der Waals surface area contributed by atoms with Crippen molar-refractivity contribution in [3.05, 3.63) is 97.2 Å². The monoisotopic (exact) mass is 778 g/mol. The molecule has 3 unspecified atom stereocenters. The van der Waals surface area contributed by atoms with Crippen LogP contribution >= 0.6 is 0 Å². The van der Waals surface area contributed by atoms with Crippen LogP contribution in [0.4, 0.5) is 0 Å². The van der Waals surface area contributed by atoms with Crippen LogP contribution in [-0.2, 0) is 14.3 Å². The van der Waals surface area contributed by atoms with Gasteiger partial charge in [0.15, 0.2) is 0 Å². The molecule has 3 N–H and O–H groups in total. The summed E-state index contributed by atoms with van der Waals surface area (Å²) in [6.07, 6.45) is 56.4. The van der Waals surface area contributed by atoms with Crippen molar-refractivity contribution < 1.29 is 24.5 Å². The number of unbranched alkanes of at least 4 members (excludes halogenated alkanes) is 12. The molecule has 318 valence electrons. The van der Waals surface area contributed by atoms with E-state index in [1.165, 1.54) is 38.5 Å². The number of ether oxygens (including phenoxy) is 1. The van der Waals surface area contributed by atoms with Gasteiger partial charge in [-0.05, 0) is 83.1 Å². The van der Waals surface area contributed by atoms with Crippen molar-refractivity contribution in [2.24, 2.45) is 0 Å². The zero-order valence-electron chi connectivity index (χ0n) is 36.0. The maximum absolute atomic E-state index is 13.1. The predicted molar refractivity (Wildman–Crippen MR) is 240 cm³/mol. The molecule has 0 fully saturated rings. The summed E-state index contributed by atoms with van der Waals surface area (Å²) in [5.74, 6) is -0.668. The summed E-state index contributed by atoms with van der Waals surface area (Å²) in [5, 5.41) is 23.5. The van der Waals surface area contributed by atoms with E-state index in [4.69, 9.17) is 4.74 Å². The molecular weight excluding hydrogens is 695 g/mol. The van der Waals surface area contributed by atoms with Gasteiger partial charge in [-0.25, -0.2) is 0 Å². The zero-order valence-corrected chi connectivity index (χ0v) is 36.0.